The van der Waals surface area contributed by atoms with Gasteiger partial charge in [-0.25, -0.2) is 18.2 Å². The lowest BCUT2D eigenvalue weighted by Crippen LogP contribution is -2.43. The quantitative estimate of drug-likeness (QED) is 0.189. The zero-order valence-corrected chi connectivity index (χ0v) is 17.4. The third kappa shape index (κ3) is 6.24. The van der Waals surface area contributed by atoms with Gasteiger partial charge in [0.2, 0.25) is 0 Å². The molecule has 2 unspecified atom stereocenters. The summed E-state index contributed by atoms with van der Waals surface area (Å²) >= 11 is 0. The minimum atomic E-state index is -5.71. The van der Waals surface area contributed by atoms with Crippen molar-refractivity contribution in [3.05, 3.63) is 33.1 Å². The van der Waals surface area contributed by atoms with Crippen LogP contribution in [0.1, 0.15) is 13.2 Å². The van der Waals surface area contributed by atoms with Gasteiger partial charge in [-0.15, -0.1) is 0 Å². The predicted octanol–water partition coefficient (Wildman–Crippen LogP) is -2.11. The van der Waals surface area contributed by atoms with Gasteiger partial charge in [-0.1, -0.05) is 0 Å². The lowest BCUT2D eigenvalue weighted by Gasteiger charge is -2.28. The summed E-state index contributed by atoms with van der Waals surface area (Å²) in [5, 5.41) is 20.3. The number of H-pyrrole nitrogens is 1. The Bertz CT molecular complexity index is 1050. The molecule has 172 valence electrons. The van der Waals surface area contributed by atoms with Crippen molar-refractivity contribution in [1.82, 2.24) is 9.55 Å². The van der Waals surface area contributed by atoms with Gasteiger partial charge in [0, 0.05) is 12.3 Å². The molecule has 2 heterocycles. The van der Waals surface area contributed by atoms with Crippen molar-refractivity contribution in [3.63, 3.8) is 0 Å². The Morgan fingerprint density at radius 1 is 1.17 bits per heavy atom. The van der Waals surface area contributed by atoms with Crippen molar-refractivity contribution in [2.24, 2.45) is 0 Å². The Labute approximate surface area is 165 Å². The standard InChI is InChI=1S/C10H17N2O15P3/c1-10(24-4-28(17,18)26-30(22,23)27-29(19,20)21)7(15)6(14)8(25-10)12-3-2-5(13)11-9(12)16/h2-3,6-8,14-15H,4H2,1H3,(H,17,18)(H,22,23)(H,11,13,16)(H2,19,20,21)/t6-,7+,8-,10+/m1/s1. The molecule has 17 nitrogen and oxygen atoms in total. The number of nitrogens with one attached hydrogen (secondary N) is 1. The summed E-state index contributed by atoms with van der Waals surface area (Å²) in [5.74, 6) is -2.27. The first-order valence-electron chi connectivity index (χ1n) is 7.57. The highest BCUT2D eigenvalue weighted by atomic mass is 31.3. The van der Waals surface area contributed by atoms with Crippen LogP contribution in [0.5, 0.6) is 0 Å². The molecular formula is C10H17N2O15P3. The molecule has 7 N–H and O–H groups in total. The maximum atomic E-state index is 11.9. The number of hydrogen-bond acceptors (Lipinski definition) is 11. The van der Waals surface area contributed by atoms with Gasteiger partial charge in [0.05, 0.1) is 0 Å². The summed E-state index contributed by atoms with van der Waals surface area (Å²) in [6.45, 7) is 0.974. The fourth-order valence-electron chi connectivity index (χ4n) is 2.36. The van der Waals surface area contributed by atoms with E-state index >= 15 is 0 Å². The van der Waals surface area contributed by atoms with E-state index in [4.69, 9.17) is 24.2 Å². The summed E-state index contributed by atoms with van der Waals surface area (Å²) in [7, 11) is -16.5. The highest BCUT2D eigenvalue weighted by Gasteiger charge is 2.54. The molecule has 1 aromatic rings. The van der Waals surface area contributed by atoms with Crippen LogP contribution in [0.4, 0.5) is 0 Å². The minimum Gasteiger partial charge on any atom is -0.385 e. The van der Waals surface area contributed by atoms with E-state index in [2.05, 4.69) is 8.62 Å². The van der Waals surface area contributed by atoms with Crippen LogP contribution in [-0.2, 0) is 31.8 Å². The third-order valence-electron chi connectivity index (χ3n) is 3.59. The summed E-state index contributed by atoms with van der Waals surface area (Å²) in [4.78, 5) is 60.5. The van der Waals surface area contributed by atoms with E-state index in [-0.39, 0.29) is 0 Å². The number of rotatable bonds is 8. The van der Waals surface area contributed by atoms with Gasteiger partial charge in [0.1, 0.15) is 12.2 Å². The van der Waals surface area contributed by atoms with E-state index in [0.29, 0.717) is 4.57 Å². The third-order valence-corrected chi connectivity index (χ3v) is 7.57. The molecule has 0 aliphatic carbocycles. The molecule has 1 aliphatic heterocycles. The molecule has 1 saturated heterocycles. The van der Waals surface area contributed by atoms with E-state index < -0.39 is 65.1 Å². The van der Waals surface area contributed by atoms with Crippen molar-refractivity contribution < 1.29 is 61.6 Å². The second-order valence-electron chi connectivity index (χ2n) is 6.01. The molecule has 0 amide bonds. The van der Waals surface area contributed by atoms with Crippen LogP contribution < -0.4 is 11.2 Å². The van der Waals surface area contributed by atoms with Crippen LogP contribution in [0, 0.1) is 0 Å². The van der Waals surface area contributed by atoms with E-state index in [1.807, 2.05) is 4.98 Å². The second kappa shape index (κ2) is 8.48. The lowest BCUT2D eigenvalue weighted by molar-refractivity contribution is -0.248. The second-order valence-corrected chi connectivity index (χ2v) is 10.8. The SMILES string of the molecule is C[C@]1(OCP(=O)(O)OP(=O)(O)OP(=O)(O)O)O[C@@H](n2ccc(=O)[nH]c2=O)[C@H](O)[C@@H]1O. The molecule has 0 bridgehead atoms. The zero-order chi connectivity index (χ0) is 23.1. The summed E-state index contributed by atoms with van der Waals surface area (Å²) in [6.07, 6.45) is -5.92. The molecule has 1 fully saturated rings. The molecule has 30 heavy (non-hydrogen) atoms. The van der Waals surface area contributed by atoms with E-state index in [0.717, 1.165) is 19.2 Å². The van der Waals surface area contributed by atoms with E-state index in [1.54, 1.807) is 0 Å². The van der Waals surface area contributed by atoms with Crippen molar-refractivity contribution in [1.29, 1.82) is 0 Å². The Morgan fingerprint density at radius 2 is 1.77 bits per heavy atom. The maximum Gasteiger partial charge on any atom is 0.488 e. The number of aromatic amines is 1. The van der Waals surface area contributed by atoms with Crippen molar-refractivity contribution in [3.8, 4) is 0 Å². The fourth-order valence-corrected chi connectivity index (χ4v) is 5.72. The van der Waals surface area contributed by atoms with Crippen LogP contribution >= 0.6 is 23.2 Å². The van der Waals surface area contributed by atoms with Crippen molar-refractivity contribution in [2.75, 3.05) is 6.35 Å². The van der Waals surface area contributed by atoms with Gasteiger partial charge in [-0.05, 0) is 6.92 Å². The number of hydrogen-bond donors (Lipinski definition) is 7. The normalized spacial score (nSPS) is 31.2. The highest BCUT2D eigenvalue weighted by Crippen LogP contribution is 2.66. The molecule has 1 aromatic heterocycles. The van der Waals surface area contributed by atoms with Gasteiger partial charge in [0.25, 0.3) is 5.56 Å². The van der Waals surface area contributed by atoms with Gasteiger partial charge in [-0.3, -0.25) is 18.9 Å². The van der Waals surface area contributed by atoms with Crippen LogP contribution in [0.25, 0.3) is 0 Å². The summed E-state index contributed by atoms with van der Waals surface area (Å²) in [6, 6.07) is 0.913. The maximum absolute atomic E-state index is 11.9. The van der Waals surface area contributed by atoms with Gasteiger partial charge in [-0.2, -0.15) is 4.31 Å². The monoisotopic (exact) mass is 498 g/mol. The molecule has 6 atom stereocenters. The first-order chi connectivity index (χ1) is 13.4. The molecule has 1 aliphatic rings. The predicted molar refractivity (Wildman–Crippen MR) is 91.7 cm³/mol. The van der Waals surface area contributed by atoms with Gasteiger partial charge < -0.3 is 39.3 Å². The Kier molecular flexibility index (Phi) is 7.14. The Balaban J connectivity index is 2.15. The molecular weight excluding hydrogens is 481 g/mol. The van der Waals surface area contributed by atoms with Crippen LogP contribution in [-0.4, -0.2) is 63.7 Å². The zero-order valence-electron chi connectivity index (χ0n) is 14.7. The highest BCUT2D eigenvalue weighted by molar-refractivity contribution is 7.68. The average Bonchev–Trinajstić information content (AvgIpc) is 2.75. The van der Waals surface area contributed by atoms with Crippen LogP contribution in [0.3, 0.4) is 0 Å². The average molecular weight is 498 g/mol. The van der Waals surface area contributed by atoms with E-state index in [1.165, 1.54) is 0 Å². The first kappa shape index (κ1) is 25.2. The Hall–Kier alpha value is -1.03. The largest absolute Gasteiger partial charge is 0.488 e. The van der Waals surface area contributed by atoms with Crippen molar-refractivity contribution in [2.45, 2.75) is 31.1 Å². The lowest BCUT2D eigenvalue weighted by atomic mass is 10.1. The number of aromatic nitrogens is 2. The molecule has 0 saturated carbocycles. The fraction of sp³-hybridized carbons (Fsp3) is 0.600. The summed E-state index contributed by atoms with van der Waals surface area (Å²) in [5.41, 5.74) is -1.78. The first-order valence-corrected chi connectivity index (χ1v) is 12.4. The van der Waals surface area contributed by atoms with Gasteiger partial charge >= 0.3 is 28.9 Å². The number of aliphatic hydroxyl groups excluding tert-OH is 2. The molecule has 20 heteroatoms. The summed E-state index contributed by atoms with van der Waals surface area (Å²) < 4.78 is 51.8. The van der Waals surface area contributed by atoms with Gasteiger partial charge in [0.15, 0.2) is 18.4 Å². The Morgan fingerprint density at radius 3 is 2.30 bits per heavy atom. The van der Waals surface area contributed by atoms with Crippen LogP contribution in [0.2, 0.25) is 0 Å². The molecule has 0 radical (unpaired) electrons. The van der Waals surface area contributed by atoms with Crippen LogP contribution in [0.15, 0.2) is 21.9 Å². The number of phosphoric acid groups is 2. The smallest absolute Gasteiger partial charge is 0.385 e. The number of nitrogens with zero attached hydrogens (tertiary/aromatic N) is 1. The minimum absolute atomic E-state index is 0.689. The number of ether oxygens (including phenoxy) is 2. The van der Waals surface area contributed by atoms with Crippen molar-refractivity contribution >= 4 is 23.2 Å². The molecule has 2 rings (SSSR count). The van der Waals surface area contributed by atoms with E-state index in [9.17, 15) is 38.4 Å². The molecule has 0 spiro atoms. The topological polar surface area (TPSA) is 264 Å². The molecule has 0 aromatic carbocycles. The number of aliphatic hydroxyl groups is 2.